The second-order valence-corrected chi connectivity index (χ2v) is 7.06. The minimum atomic E-state index is -1.06. The molecule has 1 aromatic heterocycles. The summed E-state index contributed by atoms with van der Waals surface area (Å²) in [4.78, 5) is 19.1. The molecular formula is C19H23F2N3O3. The minimum absolute atomic E-state index is 0.00341. The highest BCUT2D eigenvalue weighted by Gasteiger charge is 2.31. The van der Waals surface area contributed by atoms with E-state index in [1.165, 1.54) is 6.33 Å². The largest absolute Gasteiger partial charge is 0.486 e. The van der Waals surface area contributed by atoms with Crippen LogP contribution in [0.3, 0.4) is 0 Å². The highest BCUT2D eigenvalue weighted by molar-refractivity contribution is 5.65. The molecule has 2 N–H and O–H groups in total. The van der Waals surface area contributed by atoms with Gasteiger partial charge in [-0.1, -0.05) is 13.8 Å². The molecule has 0 radical (unpaired) electrons. The van der Waals surface area contributed by atoms with Gasteiger partial charge in [-0.25, -0.2) is 23.5 Å². The zero-order valence-corrected chi connectivity index (χ0v) is 15.8. The van der Waals surface area contributed by atoms with Gasteiger partial charge in [0.05, 0.1) is 5.69 Å². The topological polar surface area (TPSA) is 87.3 Å². The summed E-state index contributed by atoms with van der Waals surface area (Å²) < 4.78 is 39.5. The van der Waals surface area contributed by atoms with E-state index in [-0.39, 0.29) is 29.5 Å². The average Bonchev–Trinajstić information content (AvgIpc) is 2.53. The predicted octanol–water partition coefficient (Wildman–Crippen LogP) is 4.01. The van der Waals surface area contributed by atoms with Crippen LogP contribution in [0.2, 0.25) is 0 Å². The van der Waals surface area contributed by atoms with E-state index in [1.54, 1.807) is 19.9 Å². The van der Waals surface area contributed by atoms with Gasteiger partial charge in [0, 0.05) is 17.3 Å². The average molecular weight is 379 g/mol. The van der Waals surface area contributed by atoms with Crippen LogP contribution in [0.5, 0.6) is 5.75 Å². The van der Waals surface area contributed by atoms with E-state index in [0.29, 0.717) is 12.1 Å². The molecule has 0 fully saturated rings. The molecule has 1 atom stereocenters. The SMILES string of the molecule is Cc1cc(-c2cc(F)c(OC[C@](C)(CC(C)C)OC(N)=O)cc2F)ncn1. The third kappa shape index (κ3) is 5.60. The number of ether oxygens (including phenoxy) is 2. The Hall–Kier alpha value is -2.77. The lowest BCUT2D eigenvalue weighted by molar-refractivity contribution is -0.0194. The number of carbonyl (C=O) groups is 1. The van der Waals surface area contributed by atoms with Crippen LogP contribution < -0.4 is 10.5 Å². The quantitative estimate of drug-likeness (QED) is 0.785. The Labute approximate surface area is 156 Å². The van der Waals surface area contributed by atoms with Crippen molar-refractivity contribution in [2.24, 2.45) is 11.7 Å². The van der Waals surface area contributed by atoms with Gasteiger partial charge in [-0.3, -0.25) is 0 Å². The molecule has 6 nitrogen and oxygen atoms in total. The number of amides is 1. The first kappa shape index (κ1) is 20.5. The van der Waals surface area contributed by atoms with Gasteiger partial charge in [0.15, 0.2) is 11.6 Å². The molecule has 0 aliphatic heterocycles. The van der Waals surface area contributed by atoms with Crippen molar-refractivity contribution in [3.8, 4) is 17.0 Å². The number of benzene rings is 1. The molecule has 0 unspecified atom stereocenters. The van der Waals surface area contributed by atoms with Crippen LogP contribution in [0, 0.1) is 24.5 Å². The normalized spacial score (nSPS) is 13.3. The molecule has 146 valence electrons. The van der Waals surface area contributed by atoms with Crippen LogP contribution in [0.25, 0.3) is 11.3 Å². The van der Waals surface area contributed by atoms with E-state index in [2.05, 4.69) is 9.97 Å². The Bertz CT molecular complexity index is 830. The van der Waals surface area contributed by atoms with Crippen LogP contribution in [0.1, 0.15) is 32.9 Å². The predicted molar refractivity (Wildman–Crippen MR) is 96.1 cm³/mol. The smallest absolute Gasteiger partial charge is 0.405 e. The molecule has 0 spiro atoms. The molecule has 2 rings (SSSR count). The molecule has 1 amide bonds. The van der Waals surface area contributed by atoms with Crippen molar-refractivity contribution in [2.45, 2.75) is 39.7 Å². The summed E-state index contributed by atoms with van der Waals surface area (Å²) in [6.07, 6.45) is 0.770. The Morgan fingerprint density at radius 3 is 2.52 bits per heavy atom. The van der Waals surface area contributed by atoms with Crippen molar-refractivity contribution in [1.29, 1.82) is 0 Å². The summed E-state index contributed by atoms with van der Waals surface area (Å²) >= 11 is 0. The summed E-state index contributed by atoms with van der Waals surface area (Å²) in [6, 6.07) is 3.52. The Morgan fingerprint density at radius 2 is 1.93 bits per heavy atom. The lowest BCUT2D eigenvalue weighted by Crippen LogP contribution is -2.41. The maximum atomic E-state index is 14.5. The molecule has 27 heavy (non-hydrogen) atoms. The molecule has 2 aromatic rings. The first-order chi connectivity index (χ1) is 12.6. The molecular weight excluding hydrogens is 356 g/mol. The Morgan fingerprint density at radius 1 is 1.22 bits per heavy atom. The lowest BCUT2D eigenvalue weighted by Gasteiger charge is -2.30. The van der Waals surface area contributed by atoms with Gasteiger partial charge >= 0.3 is 6.09 Å². The van der Waals surface area contributed by atoms with E-state index in [1.807, 2.05) is 13.8 Å². The number of aromatic nitrogens is 2. The summed E-state index contributed by atoms with van der Waals surface area (Å²) in [6.45, 7) is 7.05. The molecule has 8 heteroatoms. The fourth-order valence-corrected chi connectivity index (χ4v) is 2.90. The summed E-state index contributed by atoms with van der Waals surface area (Å²) in [5, 5.41) is 0. The number of primary amides is 1. The number of nitrogens with zero attached hydrogens (tertiary/aromatic N) is 2. The fraction of sp³-hybridized carbons (Fsp3) is 0.421. The Kier molecular flexibility index (Phi) is 6.30. The van der Waals surface area contributed by atoms with Crippen molar-refractivity contribution in [3.05, 3.63) is 41.9 Å². The molecule has 0 bridgehead atoms. The number of nitrogens with two attached hydrogens (primary N) is 1. The van der Waals surface area contributed by atoms with Crippen LogP contribution in [-0.4, -0.2) is 28.3 Å². The highest BCUT2D eigenvalue weighted by atomic mass is 19.1. The van der Waals surface area contributed by atoms with Crippen LogP contribution in [0.4, 0.5) is 13.6 Å². The van der Waals surface area contributed by atoms with E-state index < -0.39 is 23.3 Å². The van der Waals surface area contributed by atoms with Crippen molar-refractivity contribution >= 4 is 6.09 Å². The van der Waals surface area contributed by atoms with E-state index in [9.17, 15) is 13.6 Å². The van der Waals surface area contributed by atoms with Crippen molar-refractivity contribution in [2.75, 3.05) is 6.61 Å². The maximum absolute atomic E-state index is 14.5. The number of hydrogen-bond donors (Lipinski definition) is 1. The molecule has 1 aromatic carbocycles. The molecule has 0 saturated heterocycles. The zero-order chi connectivity index (χ0) is 20.2. The van der Waals surface area contributed by atoms with Gasteiger partial charge in [-0.15, -0.1) is 0 Å². The Balaban J connectivity index is 2.24. The van der Waals surface area contributed by atoms with Crippen molar-refractivity contribution in [3.63, 3.8) is 0 Å². The summed E-state index contributed by atoms with van der Waals surface area (Å²) in [5.74, 6) is -1.56. The van der Waals surface area contributed by atoms with E-state index >= 15 is 0 Å². The van der Waals surface area contributed by atoms with E-state index in [4.69, 9.17) is 15.2 Å². The second-order valence-electron chi connectivity index (χ2n) is 7.06. The third-order valence-corrected chi connectivity index (χ3v) is 3.82. The van der Waals surface area contributed by atoms with Crippen molar-refractivity contribution in [1.82, 2.24) is 9.97 Å². The zero-order valence-electron chi connectivity index (χ0n) is 15.8. The summed E-state index contributed by atoms with van der Waals surface area (Å²) in [5.41, 5.74) is 4.95. The third-order valence-electron chi connectivity index (χ3n) is 3.82. The standard InChI is InChI=1S/C19H23F2N3O3/c1-11(2)8-19(4,27-18(22)25)9-26-17-7-14(20)13(6-15(17)21)16-5-12(3)23-10-24-16/h5-7,10-11H,8-9H2,1-4H3,(H2,22,25)/t19-/m0/s1. The summed E-state index contributed by atoms with van der Waals surface area (Å²) in [7, 11) is 0. The van der Waals surface area contributed by atoms with Gasteiger partial charge in [-0.05, 0) is 38.3 Å². The van der Waals surface area contributed by atoms with Crippen molar-refractivity contribution < 1.29 is 23.0 Å². The number of halogens is 2. The van der Waals surface area contributed by atoms with Gasteiger partial charge < -0.3 is 15.2 Å². The van der Waals surface area contributed by atoms with Gasteiger partial charge in [0.1, 0.15) is 24.4 Å². The van der Waals surface area contributed by atoms with Gasteiger partial charge in [0.2, 0.25) is 0 Å². The first-order valence-electron chi connectivity index (χ1n) is 8.49. The number of carbonyl (C=O) groups excluding carboxylic acids is 1. The highest BCUT2D eigenvalue weighted by Crippen LogP contribution is 2.30. The fourth-order valence-electron chi connectivity index (χ4n) is 2.90. The monoisotopic (exact) mass is 379 g/mol. The molecule has 1 heterocycles. The maximum Gasteiger partial charge on any atom is 0.405 e. The second kappa shape index (κ2) is 8.28. The minimum Gasteiger partial charge on any atom is -0.486 e. The van der Waals surface area contributed by atoms with Crippen LogP contribution in [0.15, 0.2) is 24.5 Å². The molecule has 0 saturated carbocycles. The van der Waals surface area contributed by atoms with Crippen LogP contribution in [-0.2, 0) is 4.74 Å². The van der Waals surface area contributed by atoms with Gasteiger partial charge in [-0.2, -0.15) is 0 Å². The number of rotatable bonds is 7. The number of aryl methyl sites for hydroxylation is 1. The van der Waals surface area contributed by atoms with Gasteiger partial charge in [0.25, 0.3) is 0 Å². The molecule has 0 aliphatic carbocycles. The van der Waals surface area contributed by atoms with E-state index in [0.717, 1.165) is 12.1 Å². The van der Waals surface area contributed by atoms with Crippen LogP contribution >= 0.6 is 0 Å². The lowest BCUT2D eigenvalue weighted by atomic mass is 9.95. The molecule has 0 aliphatic rings. The number of hydrogen-bond acceptors (Lipinski definition) is 5. The first-order valence-corrected chi connectivity index (χ1v) is 8.49.